The van der Waals surface area contributed by atoms with E-state index in [-0.39, 0.29) is 56.6 Å². The molecule has 8 heteroatoms. The van der Waals surface area contributed by atoms with Crippen LogP contribution in [-0.4, -0.2) is 23.7 Å². The molecule has 0 aromatic heterocycles. The van der Waals surface area contributed by atoms with E-state index in [0.29, 0.717) is 0 Å². The molecule has 0 amide bonds. The second-order valence-corrected chi connectivity index (χ2v) is 0. The van der Waals surface area contributed by atoms with Crippen molar-refractivity contribution in [1.82, 2.24) is 0 Å². The zero-order chi connectivity index (χ0) is 0. The van der Waals surface area contributed by atoms with Gasteiger partial charge in [0.1, 0.15) is 0 Å². The number of hydrogen-bond donors (Lipinski definition) is 0. The van der Waals surface area contributed by atoms with Crippen molar-refractivity contribution in [1.29, 1.82) is 0 Å². The topological polar surface area (TPSA) is 0 Å². The van der Waals surface area contributed by atoms with Gasteiger partial charge in [0.05, 0.1) is 0 Å². The van der Waals surface area contributed by atoms with Crippen LogP contribution < -0.4 is 0 Å². The third kappa shape index (κ3) is 1970. The fraction of sp³-hybridized carbons (Fsp3) is 0. The summed E-state index contributed by atoms with van der Waals surface area (Å²) in [5.41, 5.74) is 0. The number of rotatable bonds is 0. The van der Waals surface area contributed by atoms with Gasteiger partial charge in [0.25, 0.3) is 0 Å². The molecule has 0 fully saturated rings. The maximum absolute atomic E-state index is 0. The molecule has 0 aliphatic carbocycles. The van der Waals surface area contributed by atoms with Gasteiger partial charge < -0.3 is 0 Å². The molecule has 0 radical (unpaired) electrons. The van der Waals surface area contributed by atoms with Crippen LogP contribution in [0.15, 0.2) is 0 Å². The molecule has 0 atom stereocenters. The van der Waals surface area contributed by atoms with Crippen molar-refractivity contribution in [2.45, 2.75) is 0 Å². The van der Waals surface area contributed by atoms with Gasteiger partial charge >= 0.3 is 23.7 Å². The van der Waals surface area contributed by atoms with Crippen molar-refractivity contribution in [2.75, 3.05) is 0 Å². The SMILES string of the molecule is F.F.F.F.F.F.F.[TeH2]. The first-order valence-electron chi connectivity index (χ1n) is 0. The van der Waals surface area contributed by atoms with Crippen LogP contribution >= 0.6 is 0 Å². The molecule has 0 rings (SSSR count). The van der Waals surface area contributed by atoms with Crippen LogP contribution in [0.1, 0.15) is 0 Å². The van der Waals surface area contributed by atoms with E-state index in [0.717, 1.165) is 0 Å². The standard InChI is InChI=1S/7FH.H2Te/h7*1H;1H2. The molecular formula is H9F7Te. The first-order chi connectivity index (χ1) is 0. The molecule has 0 aromatic rings. The molecule has 8 heavy (non-hydrogen) atoms. The molecule has 0 bridgehead atoms. The molecule has 0 heterocycles. The normalized spacial score (nSPS) is 0. The Morgan fingerprint density at radius 1 is 0.250 bits per heavy atom. The quantitative estimate of drug-likeness (QED) is 0.434. The molecule has 0 unspecified atom stereocenters. The van der Waals surface area contributed by atoms with Gasteiger partial charge in [-0.15, -0.1) is 0 Å². The number of halogens is 7. The van der Waals surface area contributed by atoms with Crippen LogP contribution in [0.5, 0.6) is 0 Å². The molecule has 64 valence electrons. The van der Waals surface area contributed by atoms with Crippen LogP contribution in [0.4, 0.5) is 32.9 Å². The molecular weight excluding hydrogens is 261 g/mol. The van der Waals surface area contributed by atoms with Crippen LogP contribution in [0.2, 0.25) is 0 Å². The predicted molar refractivity (Wildman–Crippen MR) is 26.1 cm³/mol. The van der Waals surface area contributed by atoms with Crippen molar-refractivity contribution >= 4 is 23.7 Å². The van der Waals surface area contributed by atoms with Gasteiger partial charge in [-0.05, 0) is 0 Å². The van der Waals surface area contributed by atoms with Crippen molar-refractivity contribution in [3.63, 3.8) is 0 Å². The molecule has 0 aliphatic rings. The summed E-state index contributed by atoms with van der Waals surface area (Å²) in [5, 5.41) is 0. The van der Waals surface area contributed by atoms with E-state index in [1.54, 1.807) is 0 Å². The average molecular weight is 270 g/mol. The summed E-state index contributed by atoms with van der Waals surface area (Å²) < 4.78 is 0. The van der Waals surface area contributed by atoms with Crippen LogP contribution in [0.3, 0.4) is 0 Å². The van der Waals surface area contributed by atoms with Gasteiger partial charge in [-0.2, -0.15) is 0 Å². The number of hydrogen-bond acceptors (Lipinski definition) is 0. The third-order valence-corrected chi connectivity index (χ3v) is 0. The zero-order valence-electron chi connectivity index (χ0n) is 3.36. The van der Waals surface area contributed by atoms with E-state index in [2.05, 4.69) is 0 Å². The van der Waals surface area contributed by atoms with E-state index < -0.39 is 0 Å². The van der Waals surface area contributed by atoms with E-state index in [1.807, 2.05) is 0 Å². The van der Waals surface area contributed by atoms with Crippen molar-refractivity contribution in [3.05, 3.63) is 0 Å². The van der Waals surface area contributed by atoms with Gasteiger partial charge in [0, 0.05) is 0 Å². The van der Waals surface area contributed by atoms with Gasteiger partial charge in [-0.25, -0.2) is 0 Å². The minimum atomic E-state index is 0. The summed E-state index contributed by atoms with van der Waals surface area (Å²) in [6.07, 6.45) is 0. The molecule has 0 aliphatic heterocycles. The Morgan fingerprint density at radius 3 is 0.250 bits per heavy atom. The monoisotopic (exact) mass is 272 g/mol. The summed E-state index contributed by atoms with van der Waals surface area (Å²) in [6, 6.07) is 0. The Morgan fingerprint density at radius 2 is 0.250 bits per heavy atom. The maximum atomic E-state index is 0. The van der Waals surface area contributed by atoms with E-state index in [9.17, 15) is 0 Å². The predicted octanol–water partition coefficient (Wildman–Crippen LogP) is 0.151. The van der Waals surface area contributed by atoms with Gasteiger partial charge in [0.15, 0.2) is 0 Å². The Labute approximate surface area is 57.3 Å². The van der Waals surface area contributed by atoms with Gasteiger partial charge in [-0.1, -0.05) is 0 Å². The summed E-state index contributed by atoms with van der Waals surface area (Å²) in [6.45, 7) is 0. The van der Waals surface area contributed by atoms with E-state index in [1.165, 1.54) is 0 Å². The summed E-state index contributed by atoms with van der Waals surface area (Å²) in [5.74, 6) is 0. The molecule has 0 spiro atoms. The Kier molecular flexibility index (Phi) is 1990000. The fourth-order valence-electron chi connectivity index (χ4n) is 0. The minimum absolute atomic E-state index is 0. The molecule has 0 saturated carbocycles. The fourth-order valence-corrected chi connectivity index (χ4v) is 0. The van der Waals surface area contributed by atoms with Crippen LogP contribution in [-0.2, 0) is 0 Å². The molecule has 0 saturated heterocycles. The second-order valence-electron chi connectivity index (χ2n) is 0. The van der Waals surface area contributed by atoms with E-state index in [4.69, 9.17) is 0 Å². The second kappa shape index (κ2) is 3230. The first kappa shape index (κ1) is 4930. The van der Waals surface area contributed by atoms with Crippen LogP contribution in [0, 0.1) is 0 Å². The Bertz CT molecular complexity index is 4.35. The van der Waals surface area contributed by atoms with Crippen molar-refractivity contribution < 1.29 is 32.9 Å². The summed E-state index contributed by atoms with van der Waals surface area (Å²) >= 11 is 0. The van der Waals surface area contributed by atoms with Gasteiger partial charge in [-0.3, -0.25) is 32.9 Å². The zero-order valence-corrected chi connectivity index (χ0v) is 6.21. The Hall–Kier alpha value is 0.300. The first-order valence-corrected chi connectivity index (χ1v) is 0. The third-order valence-electron chi connectivity index (χ3n) is 0. The average Bonchev–Trinajstić information content (AvgIpc) is 0. The van der Waals surface area contributed by atoms with Crippen molar-refractivity contribution in [2.24, 2.45) is 0 Å². The molecule has 0 nitrogen and oxygen atoms in total. The summed E-state index contributed by atoms with van der Waals surface area (Å²) in [4.78, 5) is 0. The molecule has 0 aromatic carbocycles. The Balaban J connectivity index is 0. The van der Waals surface area contributed by atoms with Crippen molar-refractivity contribution in [3.8, 4) is 0 Å². The molecule has 0 N–H and O–H groups in total. The summed E-state index contributed by atoms with van der Waals surface area (Å²) in [7, 11) is 0. The van der Waals surface area contributed by atoms with Gasteiger partial charge in [0.2, 0.25) is 0 Å². The van der Waals surface area contributed by atoms with Crippen LogP contribution in [0.25, 0.3) is 0 Å². The van der Waals surface area contributed by atoms with E-state index >= 15 is 0 Å².